The smallest absolute Gasteiger partial charge is 0.112 e. The molecule has 0 saturated carbocycles. The fraction of sp³-hybridized carbons (Fsp3) is 0.667. The minimum Gasteiger partial charge on any atom is -0.344 e. The normalized spacial score (nSPS) is 16.6. The molecule has 2 heterocycles. The van der Waals surface area contributed by atoms with Gasteiger partial charge in [0.15, 0.2) is 0 Å². The van der Waals surface area contributed by atoms with Crippen molar-refractivity contribution in [3.05, 3.63) is 17.2 Å². The zero-order chi connectivity index (χ0) is 8.77. The molecule has 0 aromatic carbocycles. The molecule has 1 aliphatic heterocycles. The molecule has 3 heteroatoms. The lowest BCUT2D eigenvalue weighted by atomic mass is 9.96. The van der Waals surface area contributed by atoms with E-state index in [1.54, 1.807) is 0 Å². The summed E-state index contributed by atoms with van der Waals surface area (Å²) in [7, 11) is 0. The second kappa shape index (κ2) is 2.33. The van der Waals surface area contributed by atoms with Crippen molar-refractivity contribution in [3.8, 4) is 0 Å². The van der Waals surface area contributed by atoms with Crippen LogP contribution in [0.15, 0.2) is 0 Å². The zero-order valence-corrected chi connectivity index (χ0v) is 7.86. The van der Waals surface area contributed by atoms with Crippen LogP contribution in [0.1, 0.15) is 38.0 Å². The number of imidazole rings is 1. The Labute approximate surface area is 72.6 Å². The van der Waals surface area contributed by atoms with Gasteiger partial charge in [0, 0.05) is 18.5 Å². The highest BCUT2D eigenvalue weighted by Crippen LogP contribution is 2.22. The van der Waals surface area contributed by atoms with Crippen LogP contribution in [0.2, 0.25) is 0 Å². The fourth-order valence-corrected chi connectivity index (χ4v) is 1.40. The molecule has 0 spiro atoms. The Kier molecular flexibility index (Phi) is 1.51. The molecule has 0 unspecified atom stereocenters. The predicted molar refractivity (Wildman–Crippen MR) is 47.8 cm³/mol. The van der Waals surface area contributed by atoms with Crippen LogP contribution in [0.3, 0.4) is 0 Å². The van der Waals surface area contributed by atoms with E-state index in [0.717, 1.165) is 18.9 Å². The summed E-state index contributed by atoms with van der Waals surface area (Å²) >= 11 is 0. The Bertz CT molecular complexity index is 272. The van der Waals surface area contributed by atoms with Gasteiger partial charge in [-0.3, -0.25) is 0 Å². The molecule has 0 fully saturated rings. The first-order chi connectivity index (χ1) is 5.57. The molecule has 0 radical (unpaired) electrons. The van der Waals surface area contributed by atoms with Crippen molar-refractivity contribution in [2.24, 2.45) is 0 Å². The molecule has 2 N–H and O–H groups in total. The van der Waals surface area contributed by atoms with Gasteiger partial charge in [0.1, 0.15) is 5.82 Å². The largest absolute Gasteiger partial charge is 0.344 e. The molecule has 2 rings (SSSR count). The van der Waals surface area contributed by atoms with Crippen LogP contribution >= 0.6 is 0 Å². The van der Waals surface area contributed by atoms with Crippen LogP contribution in [0, 0.1) is 0 Å². The van der Waals surface area contributed by atoms with Crippen molar-refractivity contribution in [2.45, 2.75) is 39.3 Å². The molecular formula is C9H15N3. The number of rotatable bonds is 0. The van der Waals surface area contributed by atoms with Crippen molar-refractivity contribution in [1.29, 1.82) is 0 Å². The lowest BCUT2D eigenvalue weighted by Gasteiger charge is -2.14. The van der Waals surface area contributed by atoms with Crippen LogP contribution in [-0.4, -0.2) is 9.97 Å². The third-order valence-corrected chi connectivity index (χ3v) is 2.17. The lowest BCUT2D eigenvalue weighted by molar-refractivity contribution is 0.545. The van der Waals surface area contributed by atoms with E-state index in [9.17, 15) is 0 Å². The summed E-state index contributed by atoms with van der Waals surface area (Å²) in [6.07, 6.45) is 0. The summed E-state index contributed by atoms with van der Waals surface area (Å²) in [6.45, 7) is 8.39. The van der Waals surface area contributed by atoms with E-state index in [1.165, 1.54) is 11.4 Å². The third kappa shape index (κ3) is 1.14. The number of H-pyrrole nitrogens is 1. The van der Waals surface area contributed by atoms with Crippen molar-refractivity contribution < 1.29 is 0 Å². The average molecular weight is 165 g/mol. The molecule has 3 nitrogen and oxygen atoms in total. The quantitative estimate of drug-likeness (QED) is 0.608. The van der Waals surface area contributed by atoms with Gasteiger partial charge in [-0.25, -0.2) is 4.98 Å². The topological polar surface area (TPSA) is 40.7 Å². The highest BCUT2D eigenvalue weighted by molar-refractivity contribution is 5.21. The number of aromatic nitrogens is 2. The molecule has 12 heavy (non-hydrogen) atoms. The first kappa shape index (κ1) is 7.80. The Morgan fingerprint density at radius 2 is 2.00 bits per heavy atom. The molecule has 1 aromatic rings. The van der Waals surface area contributed by atoms with E-state index < -0.39 is 0 Å². The Morgan fingerprint density at radius 1 is 1.25 bits per heavy atom. The third-order valence-electron chi connectivity index (χ3n) is 2.17. The van der Waals surface area contributed by atoms with Crippen LogP contribution < -0.4 is 5.32 Å². The van der Waals surface area contributed by atoms with Gasteiger partial charge in [0.25, 0.3) is 0 Å². The van der Waals surface area contributed by atoms with Crippen LogP contribution in [0.25, 0.3) is 0 Å². The maximum atomic E-state index is 4.54. The summed E-state index contributed by atoms with van der Waals surface area (Å²) in [6, 6.07) is 0. The molecule has 0 saturated heterocycles. The fourth-order valence-electron chi connectivity index (χ4n) is 1.40. The molecule has 0 aliphatic carbocycles. The van der Waals surface area contributed by atoms with Gasteiger partial charge in [-0.1, -0.05) is 20.8 Å². The SMILES string of the molecule is CC(C)(C)c1nc2c([nH]1)CNC2. The van der Waals surface area contributed by atoms with Crippen molar-refractivity contribution in [2.75, 3.05) is 0 Å². The van der Waals surface area contributed by atoms with E-state index in [1.807, 2.05) is 0 Å². The second-order valence-corrected chi connectivity index (χ2v) is 4.36. The van der Waals surface area contributed by atoms with Crippen LogP contribution in [-0.2, 0) is 18.5 Å². The number of aromatic amines is 1. The van der Waals surface area contributed by atoms with Gasteiger partial charge in [-0.15, -0.1) is 0 Å². The molecule has 66 valence electrons. The highest BCUT2D eigenvalue weighted by atomic mass is 15.0. The number of nitrogens with one attached hydrogen (secondary N) is 2. The number of nitrogens with zero attached hydrogens (tertiary/aromatic N) is 1. The summed E-state index contributed by atoms with van der Waals surface area (Å²) < 4.78 is 0. The van der Waals surface area contributed by atoms with E-state index in [4.69, 9.17) is 0 Å². The standard InChI is InChI=1S/C9H15N3/c1-9(2,3)8-11-6-4-10-5-7(6)12-8/h10H,4-5H2,1-3H3,(H,11,12). The van der Waals surface area contributed by atoms with Crippen molar-refractivity contribution in [3.63, 3.8) is 0 Å². The minimum atomic E-state index is 0.143. The van der Waals surface area contributed by atoms with Crippen LogP contribution in [0.4, 0.5) is 0 Å². The second-order valence-electron chi connectivity index (χ2n) is 4.36. The Balaban J connectivity index is 2.38. The molecule has 0 atom stereocenters. The monoisotopic (exact) mass is 165 g/mol. The van der Waals surface area contributed by atoms with Gasteiger partial charge in [0.2, 0.25) is 0 Å². The number of hydrogen-bond donors (Lipinski definition) is 2. The summed E-state index contributed by atoms with van der Waals surface area (Å²) in [5.74, 6) is 1.11. The van der Waals surface area contributed by atoms with E-state index in [0.29, 0.717) is 0 Å². The van der Waals surface area contributed by atoms with E-state index in [2.05, 4.69) is 36.1 Å². The molecule has 1 aromatic heterocycles. The van der Waals surface area contributed by atoms with E-state index >= 15 is 0 Å². The number of fused-ring (bicyclic) bond motifs is 1. The van der Waals surface area contributed by atoms with Crippen LogP contribution in [0.5, 0.6) is 0 Å². The van der Waals surface area contributed by atoms with E-state index in [-0.39, 0.29) is 5.41 Å². The first-order valence-electron chi connectivity index (χ1n) is 4.36. The Hall–Kier alpha value is -0.830. The van der Waals surface area contributed by atoms with Gasteiger partial charge >= 0.3 is 0 Å². The lowest BCUT2D eigenvalue weighted by Crippen LogP contribution is -2.15. The maximum absolute atomic E-state index is 4.54. The van der Waals surface area contributed by atoms with Gasteiger partial charge in [0.05, 0.1) is 11.4 Å². The average Bonchev–Trinajstić information content (AvgIpc) is 2.37. The van der Waals surface area contributed by atoms with Gasteiger partial charge in [-0.2, -0.15) is 0 Å². The highest BCUT2D eigenvalue weighted by Gasteiger charge is 2.22. The summed E-state index contributed by atoms with van der Waals surface area (Å²) in [5.41, 5.74) is 2.60. The zero-order valence-electron chi connectivity index (χ0n) is 7.86. The van der Waals surface area contributed by atoms with Gasteiger partial charge in [-0.05, 0) is 0 Å². The Morgan fingerprint density at radius 3 is 2.58 bits per heavy atom. The number of hydrogen-bond acceptors (Lipinski definition) is 2. The predicted octanol–water partition coefficient (Wildman–Crippen LogP) is 1.31. The van der Waals surface area contributed by atoms with Crippen molar-refractivity contribution >= 4 is 0 Å². The summed E-state index contributed by atoms with van der Waals surface area (Å²) in [5, 5.41) is 3.25. The maximum Gasteiger partial charge on any atom is 0.112 e. The molecule has 0 amide bonds. The van der Waals surface area contributed by atoms with Crippen molar-refractivity contribution in [1.82, 2.24) is 15.3 Å². The summed E-state index contributed by atoms with van der Waals surface area (Å²) in [4.78, 5) is 7.90. The van der Waals surface area contributed by atoms with Gasteiger partial charge < -0.3 is 10.3 Å². The minimum absolute atomic E-state index is 0.143. The molecule has 1 aliphatic rings. The molecule has 0 bridgehead atoms. The molecular weight excluding hydrogens is 150 g/mol. The first-order valence-corrected chi connectivity index (χ1v) is 4.36.